The van der Waals surface area contributed by atoms with E-state index in [1.807, 2.05) is 13.8 Å². The third-order valence-electron chi connectivity index (χ3n) is 7.87. The SMILES string of the molecule is Cc1ccc(S(=O)(=O)N(C)C[C@H]2Oc3ccc(NC(=O)CCN4CCOCC4)cc3C(=O)N([C@H](C)CO)C[C@H]2C)cc1. The van der Waals surface area contributed by atoms with Crippen LogP contribution in [0.3, 0.4) is 0 Å². The number of nitrogens with zero attached hydrogens (tertiary/aromatic N) is 3. The molecule has 2 aromatic rings. The number of fused-ring (bicyclic) bond motifs is 1. The molecule has 0 spiro atoms. The van der Waals surface area contributed by atoms with Crippen LogP contribution in [0, 0.1) is 12.8 Å². The van der Waals surface area contributed by atoms with E-state index in [4.69, 9.17) is 9.47 Å². The smallest absolute Gasteiger partial charge is 0.258 e. The Bertz CT molecular complexity index is 1350. The second-order valence-electron chi connectivity index (χ2n) is 11.2. The van der Waals surface area contributed by atoms with Crippen molar-refractivity contribution in [3.63, 3.8) is 0 Å². The van der Waals surface area contributed by atoms with Gasteiger partial charge in [-0.2, -0.15) is 4.31 Å². The first-order valence-corrected chi connectivity index (χ1v) is 15.8. The molecule has 0 radical (unpaired) electrons. The van der Waals surface area contributed by atoms with Gasteiger partial charge >= 0.3 is 0 Å². The molecule has 2 heterocycles. The first-order chi connectivity index (χ1) is 20.0. The molecule has 4 rings (SSSR count). The normalized spacial score (nSPS) is 20.8. The number of hydrogen-bond donors (Lipinski definition) is 2. The van der Waals surface area contributed by atoms with Gasteiger partial charge < -0.3 is 24.8 Å². The van der Waals surface area contributed by atoms with Gasteiger partial charge in [-0.15, -0.1) is 0 Å². The molecule has 0 bridgehead atoms. The van der Waals surface area contributed by atoms with Crippen molar-refractivity contribution in [1.29, 1.82) is 0 Å². The molecule has 0 unspecified atom stereocenters. The molecule has 42 heavy (non-hydrogen) atoms. The van der Waals surface area contributed by atoms with E-state index in [2.05, 4.69) is 10.2 Å². The third-order valence-corrected chi connectivity index (χ3v) is 9.71. The van der Waals surface area contributed by atoms with Gasteiger partial charge in [-0.3, -0.25) is 14.5 Å². The Labute approximate surface area is 248 Å². The van der Waals surface area contributed by atoms with Crippen LogP contribution in [-0.2, 0) is 19.6 Å². The van der Waals surface area contributed by atoms with Crippen molar-refractivity contribution in [2.24, 2.45) is 5.92 Å². The number of amides is 2. The maximum absolute atomic E-state index is 13.7. The summed E-state index contributed by atoms with van der Waals surface area (Å²) in [5, 5.41) is 12.8. The lowest BCUT2D eigenvalue weighted by atomic mass is 9.99. The average Bonchev–Trinajstić information content (AvgIpc) is 2.98. The standard InChI is InChI=1S/C30H42N4O7S/c1-21-5-8-25(9-6-21)42(38,39)32(4)19-28-22(2)18-34(23(3)20-35)30(37)26-17-24(7-10-27(26)41-28)31-29(36)11-12-33-13-15-40-16-14-33/h5-10,17,22-23,28,35H,11-16,18-20H2,1-4H3,(H,31,36)/t22-,23-,28-/m1/s1. The van der Waals surface area contributed by atoms with Gasteiger partial charge in [0, 0.05) is 51.3 Å². The molecule has 0 aromatic heterocycles. The lowest BCUT2D eigenvalue weighted by Gasteiger charge is -2.38. The van der Waals surface area contributed by atoms with E-state index in [1.165, 1.54) is 11.4 Å². The first kappa shape index (κ1) is 31.9. The van der Waals surface area contributed by atoms with Crippen molar-refractivity contribution in [3.05, 3.63) is 53.6 Å². The predicted molar refractivity (Wildman–Crippen MR) is 159 cm³/mol. The molecular weight excluding hydrogens is 560 g/mol. The number of nitrogens with one attached hydrogen (secondary N) is 1. The second-order valence-corrected chi connectivity index (χ2v) is 13.2. The number of aryl methyl sites for hydroxylation is 1. The predicted octanol–water partition coefficient (Wildman–Crippen LogP) is 2.20. The van der Waals surface area contributed by atoms with E-state index in [1.54, 1.807) is 54.3 Å². The van der Waals surface area contributed by atoms with E-state index in [-0.39, 0.29) is 47.9 Å². The number of anilines is 1. The molecule has 12 heteroatoms. The summed E-state index contributed by atoms with van der Waals surface area (Å²) >= 11 is 0. The molecule has 2 aliphatic rings. The maximum atomic E-state index is 13.7. The maximum Gasteiger partial charge on any atom is 0.258 e. The Kier molecular flexibility index (Phi) is 10.6. The Morgan fingerprint density at radius 1 is 1.17 bits per heavy atom. The van der Waals surface area contributed by atoms with Crippen LogP contribution in [0.1, 0.15) is 36.2 Å². The number of aliphatic hydroxyl groups is 1. The zero-order chi connectivity index (χ0) is 30.4. The van der Waals surface area contributed by atoms with Gasteiger partial charge in [0.1, 0.15) is 11.9 Å². The summed E-state index contributed by atoms with van der Waals surface area (Å²) in [5.41, 5.74) is 1.65. The van der Waals surface area contributed by atoms with Gasteiger partial charge in [-0.1, -0.05) is 24.6 Å². The fourth-order valence-corrected chi connectivity index (χ4v) is 6.25. The van der Waals surface area contributed by atoms with Gasteiger partial charge in [-0.05, 0) is 44.2 Å². The number of ether oxygens (including phenoxy) is 2. The lowest BCUT2D eigenvalue weighted by molar-refractivity contribution is -0.116. The number of sulfonamides is 1. The molecule has 3 atom stereocenters. The van der Waals surface area contributed by atoms with Crippen molar-refractivity contribution in [2.45, 2.75) is 44.2 Å². The summed E-state index contributed by atoms with van der Waals surface area (Å²) in [6.45, 7) is 9.12. The summed E-state index contributed by atoms with van der Waals surface area (Å²) in [5.74, 6) is -0.469. The van der Waals surface area contributed by atoms with E-state index in [9.17, 15) is 23.1 Å². The van der Waals surface area contributed by atoms with Crippen molar-refractivity contribution in [2.75, 3.05) is 64.9 Å². The Balaban J connectivity index is 1.55. The van der Waals surface area contributed by atoms with Gasteiger partial charge in [0.05, 0.1) is 42.9 Å². The summed E-state index contributed by atoms with van der Waals surface area (Å²) in [7, 11) is -2.27. The van der Waals surface area contributed by atoms with Gasteiger partial charge in [0.15, 0.2) is 0 Å². The van der Waals surface area contributed by atoms with Gasteiger partial charge in [0.2, 0.25) is 15.9 Å². The molecule has 2 N–H and O–H groups in total. The third kappa shape index (κ3) is 7.67. The van der Waals surface area contributed by atoms with Crippen LogP contribution in [0.25, 0.3) is 0 Å². The van der Waals surface area contributed by atoms with Crippen molar-refractivity contribution in [3.8, 4) is 5.75 Å². The number of morpholine rings is 1. The summed E-state index contributed by atoms with van der Waals surface area (Å²) in [4.78, 5) is 30.3. The minimum atomic E-state index is -3.78. The highest BCUT2D eigenvalue weighted by atomic mass is 32.2. The minimum Gasteiger partial charge on any atom is -0.488 e. The number of benzene rings is 2. The van der Waals surface area contributed by atoms with Crippen molar-refractivity contribution < 1.29 is 32.6 Å². The van der Waals surface area contributed by atoms with E-state index >= 15 is 0 Å². The number of likely N-dealkylation sites (N-methyl/N-ethyl adjacent to an activating group) is 1. The largest absolute Gasteiger partial charge is 0.488 e. The fourth-order valence-electron chi connectivity index (χ4n) is 5.07. The first-order valence-electron chi connectivity index (χ1n) is 14.3. The molecule has 1 fully saturated rings. The van der Waals surface area contributed by atoms with E-state index in [0.29, 0.717) is 37.6 Å². The topological polar surface area (TPSA) is 129 Å². The minimum absolute atomic E-state index is 0.0480. The summed E-state index contributed by atoms with van der Waals surface area (Å²) in [6, 6.07) is 11.1. The van der Waals surface area contributed by atoms with Crippen molar-refractivity contribution in [1.82, 2.24) is 14.1 Å². The quantitative estimate of drug-likeness (QED) is 0.424. The van der Waals surface area contributed by atoms with Crippen LogP contribution in [0.15, 0.2) is 47.4 Å². The van der Waals surface area contributed by atoms with Crippen LogP contribution in [-0.4, -0.2) is 111 Å². The number of aliphatic hydroxyl groups excluding tert-OH is 1. The highest BCUT2D eigenvalue weighted by Crippen LogP contribution is 2.31. The van der Waals surface area contributed by atoms with Crippen LogP contribution in [0.4, 0.5) is 5.69 Å². The van der Waals surface area contributed by atoms with Gasteiger partial charge in [-0.25, -0.2) is 8.42 Å². The van der Waals surface area contributed by atoms with Gasteiger partial charge in [0.25, 0.3) is 5.91 Å². The molecule has 0 saturated carbocycles. The summed E-state index contributed by atoms with van der Waals surface area (Å²) in [6.07, 6.45) is -0.291. The van der Waals surface area contributed by atoms with E-state index < -0.39 is 22.2 Å². The van der Waals surface area contributed by atoms with Crippen LogP contribution in [0.2, 0.25) is 0 Å². The van der Waals surface area contributed by atoms with E-state index in [0.717, 1.165) is 18.7 Å². The Morgan fingerprint density at radius 2 is 1.86 bits per heavy atom. The zero-order valence-electron chi connectivity index (χ0n) is 24.8. The molecule has 11 nitrogen and oxygen atoms in total. The van der Waals surface area contributed by atoms with Crippen LogP contribution >= 0.6 is 0 Å². The molecule has 0 aliphatic carbocycles. The lowest BCUT2D eigenvalue weighted by Crippen LogP contribution is -2.50. The zero-order valence-corrected chi connectivity index (χ0v) is 25.6. The number of carbonyl (C=O) groups is 2. The van der Waals surface area contributed by atoms with Crippen LogP contribution in [0.5, 0.6) is 5.75 Å². The molecule has 1 saturated heterocycles. The fraction of sp³-hybridized carbons (Fsp3) is 0.533. The van der Waals surface area contributed by atoms with Crippen molar-refractivity contribution >= 4 is 27.5 Å². The summed E-state index contributed by atoms with van der Waals surface area (Å²) < 4.78 is 39.6. The Morgan fingerprint density at radius 3 is 2.52 bits per heavy atom. The number of carbonyl (C=O) groups excluding carboxylic acids is 2. The number of hydrogen-bond acceptors (Lipinski definition) is 8. The Hall–Kier alpha value is -3.03. The molecular formula is C30H42N4O7S. The molecule has 2 aromatic carbocycles. The second kappa shape index (κ2) is 14.0. The molecule has 2 amide bonds. The number of rotatable bonds is 10. The monoisotopic (exact) mass is 602 g/mol. The average molecular weight is 603 g/mol. The highest BCUT2D eigenvalue weighted by molar-refractivity contribution is 7.89. The molecule has 230 valence electrons. The molecule has 2 aliphatic heterocycles. The van der Waals surface area contributed by atoms with Crippen LogP contribution < -0.4 is 10.1 Å². The highest BCUT2D eigenvalue weighted by Gasteiger charge is 2.35.